The molecular formula is C31H30N4O4S. The zero-order valence-electron chi connectivity index (χ0n) is 22.0. The molecule has 0 unspecified atom stereocenters. The summed E-state index contributed by atoms with van der Waals surface area (Å²) >= 11 is 5.34. The highest BCUT2D eigenvalue weighted by Crippen LogP contribution is 2.21. The van der Waals surface area contributed by atoms with Gasteiger partial charge in [-0.1, -0.05) is 30.3 Å². The number of benzene rings is 4. The summed E-state index contributed by atoms with van der Waals surface area (Å²) in [5, 5.41) is 11.9. The van der Waals surface area contributed by atoms with Crippen LogP contribution >= 0.6 is 12.2 Å². The monoisotopic (exact) mass is 554 g/mol. The van der Waals surface area contributed by atoms with Gasteiger partial charge in [0.15, 0.2) is 5.11 Å². The highest BCUT2D eigenvalue weighted by Gasteiger charge is 2.14. The summed E-state index contributed by atoms with van der Waals surface area (Å²) in [5.41, 5.74) is 3.76. The van der Waals surface area contributed by atoms with E-state index in [0.29, 0.717) is 48.1 Å². The number of ether oxygens (including phenoxy) is 2. The van der Waals surface area contributed by atoms with Crippen molar-refractivity contribution in [3.8, 4) is 5.75 Å². The van der Waals surface area contributed by atoms with Gasteiger partial charge in [0, 0.05) is 29.2 Å². The molecule has 2 amide bonds. The van der Waals surface area contributed by atoms with Crippen LogP contribution in [0.1, 0.15) is 27.6 Å². The first-order valence-electron chi connectivity index (χ1n) is 12.8. The van der Waals surface area contributed by atoms with Crippen LogP contribution in [0.4, 0.5) is 22.7 Å². The number of hydrogen-bond acceptors (Lipinski definition) is 6. The first-order chi connectivity index (χ1) is 19.5. The van der Waals surface area contributed by atoms with Gasteiger partial charge in [0.2, 0.25) is 0 Å². The predicted molar refractivity (Wildman–Crippen MR) is 163 cm³/mol. The molecule has 0 atom stereocenters. The van der Waals surface area contributed by atoms with E-state index in [1.54, 1.807) is 48.5 Å². The topological polar surface area (TPSA) is 101 Å². The van der Waals surface area contributed by atoms with Crippen LogP contribution in [0, 0.1) is 0 Å². The number of amides is 2. The fourth-order valence-electron chi connectivity index (χ4n) is 3.71. The molecule has 0 bridgehead atoms. The molecule has 4 aromatic rings. The number of para-hydroxylation sites is 2. The van der Waals surface area contributed by atoms with Gasteiger partial charge >= 0.3 is 0 Å². The molecule has 0 saturated heterocycles. The van der Waals surface area contributed by atoms with Gasteiger partial charge < -0.3 is 25.4 Å². The fraction of sp³-hybridized carbons (Fsp3) is 0.129. The quantitative estimate of drug-likeness (QED) is 0.129. The first kappa shape index (κ1) is 28.3. The van der Waals surface area contributed by atoms with Crippen LogP contribution in [0.15, 0.2) is 103 Å². The average molecular weight is 555 g/mol. The van der Waals surface area contributed by atoms with Gasteiger partial charge in [-0.15, -0.1) is 0 Å². The summed E-state index contributed by atoms with van der Waals surface area (Å²) in [7, 11) is 0. The molecule has 0 saturated carbocycles. The van der Waals surface area contributed by atoms with Crippen molar-refractivity contribution in [1.82, 2.24) is 5.32 Å². The van der Waals surface area contributed by atoms with E-state index in [9.17, 15) is 9.59 Å². The number of nitrogens with one attached hydrogen (secondary N) is 4. The molecule has 0 radical (unpaired) electrons. The van der Waals surface area contributed by atoms with Crippen LogP contribution < -0.4 is 26.0 Å². The lowest BCUT2D eigenvalue weighted by Crippen LogP contribution is -2.34. The van der Waals surface area contributed by atoms with Gasteiger partial charge in [-0.25, -0.2) is 0 Å². The van der Waals surface area contributed by atoms with Crippen LogP contribution in [0.2, 0.25) is 0 Å². The van der Waals surface area contributed by atoms with Crippen molar-refractivity contribution in [2.24, 2.45) is 0 Å². The van der Waals surface area contributed by atoms with Gasteiger partial charge in [-0.3, -0.25) is 14.9 Å². The number of carbonyl (C=O) groups is 2. The Bertz CT molecular complexity index is 1430. The zero-order chi connectivity index (χ0) is 28.2. The van der Waals surface area contributed by atoms with Crippen molar-refractivity contribution in [2.45, 2.75) is 6.92 Å². The minimum Gasteiger partial charge on any atom is -0.491 e. The van der Waals surface area contributed by atoms with Gasteiger partial charge in [0.25, 0.3) is 11.8 Å². The molecule has 0 aliphatic heterocycles. The first-order valence-corrected chi connectivity index (χ1v) is 13.2. The zero-order valence-corrected chi connectivity index (χ0v) is 22.8. The molecule has 8 nitrogen and oxygen atoms in total. The van der Waals surface area contributed by atoms with Crippen molar-refractivity contribution < 1.29 is 19.1 Å². The second kappa shape index (κ2) is 14.4. The Hall–Kier alpha value is -4.73. The maximum atomic E-state index is 13.1. The van der Waals surface area contributed by atoms with Crippen molar-refractivity contribution in [3.05, 3.63) is 114 Å². The SMILES string of the molecule is CCOCCOc1ccc(C(=O)NC(=S)Nc2ccccc2C(=O)Nc2ccc(Nc3ccccc3)cc2)cc1. The normalized spacial score (nSPS) is 10.3. The van der Waals surface area contributed by atoms with E-state index >= 15 is 0 Å². The maximum Gasteiger partial charge on any atom is 0.257 e. The third kappa shape index (κ3) is 8.39. The van der Waals surface area contributed by atoms with Crippen molar-refractivity contribution in [1.29, 1.82) is 0 Å². The lowest BCUT2D eigenvalue weighted by Gasteiger charge is -2.14. The largest absolute Gasteiger partial charge is 0.491 e. The number of thiocarbonyl (C=S) groups is 1. The van der Waals surface area contributed by atoms with Crippen molar-refractivity contribution in [3.63, 3.8) is 0 Å². The van der Waals surface area contributed by atoms with Crippen LogP contribution in [-0.4, -0.2) is 36.7 Å². The van der Waals surface area contributed by atoms with Crippen LogP contribution in [-0.2, 0) is 4.74 Å². The minimum atomic E-state index is -0.385. The molecule has 204 valence electrons. The molecule has 4 rings (SSSR count). The summed E-state index contributed by atoms with van der Waals surface area (Å²) < 4.78 is 10.8. The highest BCUT2D eigenvalue weighted by atomic mass is 32.1. The van der Waals surface area contributed by atoms with Gasteiger partial charge in [-0.05, 0) is 91.9 Å². The number of anilines is 4. The summed E-state index contributed by atoms with van der Waals surface area (Å²) in [5.74, 6) is -0.0654. The predicted octanol–water partition coefficient (Wildman–Crippen LogP) is 6.22. The van der Waals surface area contributed by atoms with E-state index in [1.807, 2.05) is 61.5 Å². The third-order valence-electron chi connectivity index (χ3n) is 5.67. The molecule has 4 N–H and O–H groups in total. The van der Waals surface area contributed by atoms with E-state index in [-0.39, 0.29) is 16.9 Å². The minimum absolute atomic E-state index is 0.0682. The van der Waals surface area contributed by atoms with E-state index in [4.69, 9.17) is 21.7 Å². The van der Waals surface area contributed by atoms with E-state index in [2.05, 4.69) is 21.3 Å². The molecule has 0 spiro atoms. The maximum absolute atomic E-state index is 13.1. The Kier molecular flexibility index (Phi) is 10.2. The second-order valence-electron chi connectivity index (χ2n) is 8.55. The fourth-order valence-corrected chi connectivity index (χ4v) is 3.91. The van der Waals surface area contributed by atoms with Crippen LogP contribution in [0.5, 0.6) is 5.75 Å². The Labute approximate surface area is 238 Å². The molecule has 0 aliphatic carbocycles. The molecule has 0 fully saturated rings. The summed E-state index contributed by atoms with van der Waals surface area (Å²) in [6.45, 7) is 3.48. The van der Waals surface area contributed by atoms with Gasteiger partial charge in [0.1, 0.15) is 12.4 Å². The summed E-state index contributed by atoms with van der Waals surface area (Å²) in [4.78, 5) is 25.7. The number of carbonyl (C=O) groups excluding carboxylic acids is 2. The van der Waals surface area contributed by atoms with Crippen LogP contribution in [0.3, 0.4) is 0 Å². The van der Waals surface area contributed by atoms with Gasteiger partial charge in [-0.2, -0.15) is 0 Å². The van der Waals surface area contributed by atoms with Crippen molar-refractivity contribution >= 4 is 51.9 Å². The summed E-state index contributed by atoms with van der Waals surface area (Å²) in [6.07, 6.45) is 0. The standard InChI is InChI=1S/C31H30N4O4S/c1-2-38-20-21-39-26-18-12-22(13-19-26)29(36)35-31(40)34-28-11-7-6-10-27(28)30(37)33-25-16-14-24(15-17-25)32-23-8-4-3-5-9-23/h3-19,32H,2,20-21H2,1H3,(H,33,37)(H2,34,35,36,40). The Morgan fingerprint density at radius 1 is 0.700 bits per heavy atom. The lowest BCUT2D eigenvalue weighted by molar-refractivity contribution is 0.0976. The lowest BCUT2D eigenvalue weighted by atomic mass is 10.1. The molecule has 0 aliphatic rings. The van der Waals surface area contributed by atoms with Crippen LogP contribution in [0.25, 0.3) is 0 Å². The van der Waals surface area contributed by atoms with E-state index in [0.717, 1.165) is 11.4 Å². The molecule has 0 aromatic heterocycles. The van der Waals surface area contributed by atoms with Gasteiger partial charge in [0.05, 0.1) is 17.9 Å². The average Bonchev–Trinajstić information content (AvgIpc) is 2.97. The smallest absolute Gasteiger partial charge is 0.257 e. The second-order valence-corrected chi connectivity index (χ2v) is 8.95. The molecule has 4 aromatic carbocycles. The third-order valence-corrected chi connectivity index (χ3v) is 5.87. The molecule has 40 heavy (non-hydrogen) atoms. The van der Waals surface area contributed by atoms with Crippen molar-refractivity contribution in [2.75, 3.05) is 35.8 Å². The Morgan fingerprint density at radius 3 is 2.08 bits per heavy atom. The summed E-state index contributed by atoms with van der Waals surface area (Å²) in [6, 6.07) is 30.9. The number of rotatable bonds is 11. The molecule has 9 heteroatoms. The molecule has 0 heterocycles. The highest BCUT2D eigenvalue weighted by molar-refractivity contribution is 7.80. The molecular weight excluding hydrogens is 524 g/mol. The Morgan fingerprint density at radius 2 is 1.35 bits per heavy atom. The Balaban J connectivity index is 1.32. The number of hydrogen-bond donors (Lipinski definition) is 4. The van der Waals surface area contributed by atoms with E-state index in [1.165, 1.54) is 0 Å². The van der Waals surface area contributed by atoms with E-state index < -0.39 is 0 Å².